The zero-order valence-corrected chi connectivity index (χ0v) is 12.4. The smallest absolute Gasteiger partial charge is 0.0964 e. The number of halogens is 1. The van der Waals surface area contributed by atoms with Crippen molar-refractivity contribution in [1.29, 1.82) is 0 Å². The molecule has 1 aromatic carbocycles. The van der Waals surface area contributed by atoms with Crippen LogP contribution >= 0.6 is 27.3 Å². The summed E-state index contributed by atoms with van der Waals surface area (Å²) in [5.41, 5.74) is 2.29. The number of hydrogen-bond acceptors (Lipinski definition) is 3. The molecular weight excluding hydrogens is 308 g/mol. The zero-order valence-electron chi connectivity index (χ0n) is 10.0. The summed E-state index contributed by atoms with van der Waals surface area (Å²) >= 11 is 5.39. The van der Waals surface area contributed by atoms with E-state index in [2.05, 4.69) is 44.8 Å². The molecule has 18 heavy (non-hydrogen) atoms. The summed E-state index contributed by atoms with van der Waals surface area (Å²) < 4.78 is 1.12. The molecule has 0 radical (unpaired) electrons. The van der Waals surface area contributed by atoms with Crippen LogP contribution in [0.1, 0.15) is 23.8 Å². The van der Waals surface area contributed by atoms with E-state index in [-0.39, 0.29) is 0 Å². The van der Waals surface area contributed by atoms with Crippen molar-refractivity contribution in [3.8, 4) is 11.3 Å². The summed E-state index contributed by atoms with van der Waals surface area (Å²) in [6, 6.07) is 8.28. The van der Waals surface area contributed by atoms with Gasteiger partial charge >= 0.3 is 0 Å². The molecular formula is C14H15BrN2S. The average Bonchev–Trinajstić information content (AvgIpc) is 2.90. The first kappa shape index (κ1) is 12.3. The van der Waals surface area contributed by atoms with Crippen LogP contribution in [-0.4, -0.2) is 18.1 Å². The van der Waals surface area contributed by atoms with E-state index in [9.17, 15) is 0 Å². The van der Waals surface area contributed by atoms with Crippen LogP contribution in [-0.2, 0) is 0 Å². The third kappa shape index (κ3) is 2.51. The second-order valence-corrected chi connectivity index (χ2v) is 6.32. The van der Waals surface area contributed by atoms with Crippen LogP contribution in [0.4, 0.5) is 0 Å². The van der Waals surface area contributed by atoms with E-state index in [1.165, 1.54) is 23.4 Å². The molecule has 2 nitrogen and oxygen atoms in total. The van der Waals surface area contributed by atoms with Crippen molar-refractivity contribution < 1.29 is 0 Å². The van der Waals surface area contributed by atoms with Crippen molar-refractivity contribution in [2.75, 3.05) is 13.1 Å². The number of hydrogen-bond donors (Lipinski definition) is 1. The van der Waals surface area contributed by atoms with Crippen molar-refractivity contribution >= 4 is 27.3 Å². The Kier molecular flexibility index (Phi) is 3.77. The van der Waals surface area contributed by atoms with Crippen LogP contribution in [0.15, 0.2) is 34.1 Å². The maximum Gasteiger partial charge on any atom is 0.0964 e. The molecule has 0 saturated carbocycles. The Labute approximate surface area is 120 Å². The van der Waals surface area contributed by atoms with Gasteiger partial charge in [-0.2, -0.15) is 0 Å². The number of benzene rings is 1. The van der Waals surface area contributed by atoms with Gasteiger partial charge in [-0.3, -0.25) is 0 Å². The summed E-state index contributed by atoms with van der Waals surface area (Å²) in [4.78, 5) is 4.83. The molecule has 1 N–H and O–H groups in total. The highest BCUT2D eigenvalue weighted by Crippen LogP contribution is 2.33. The van der Waals surface area contributed by atoms with Crippen LogP contribution in [0.25, 0.3) is 11.3 Å². The normalized spacial score (nSPS) is 16.9. The molecule has 1 aliphatic rings. The summed E-state index contributed by atoms with van der Waals surface area (Å²) in [5.74, 6) is 0.646. The number of aromatic nitrogens is 1. The number of thiazole rings is 1. The van der Waals surface area contributed by atoms with E-state index in [4.69, 9.17) is 4.98 Å². The first-order chi connectivity index (χ1) is 8.84. The topological polar surface area (TPSA) is 24.9 Å². The largest absolute Gasteiger partial charge is 0.317 e. The SMILES string of the molecule is Brc1ccccc1-c1csc(C2CCNCC2)n1. The predicted octanol–water partition coefficient (Wildman–Crippen LogP) is 4.04. The molecule has 94 valence electrons. The van der Waals surface area contributed by atoms with Gasteiger partial charge in [-0.1, -0.05) is 34.1 Å². The maximum atomic E-state index is 4.83. The quantitative estimate of drug-likeness (QED) is 0.902. The molecule has 0 unspecified atom stereocenters. The standard InChI is InChI=1S/C14H15BrN2S/c15-12-4-2-1-3-11(12)13-9-18-14(17-13)10-5-7-16-8-6-10/h1-4,9-10,16H,5-8H2. The Morgan fingerprint density at radius 3 is 2.78 bits per heavy atom. The Bertz CT molecular complexity index is 532. The summed E-state index contributed by atoms with van der Waals surface area (Å²) in [6.07, 6.45) is 2.42. The Morgan fingerprint density at radius 1 is 1.22 bits per heavy atom. The van der Waals surface area contributed by atoms with E-state index >= 15 is 0 Å². The summed E-state index contributed by atoms with van der Waals surface area (Å²) in [6.45, 7) is 2.24. The molecule has 3 rings (SSSR count). The predicted molar refractivity (Wildman–Crippen MR) is 80.1 cm³/mol. The molecule has 1 aromatic heterocycles. The fourth-order valence-corrected chi connectivity index (χ4v) is 3.82. The number of rotatable bonds is 2. The molecule has 1 aliphatic heterocycles. The van der Waals surface area contributed by atoms with E-state index < -0.39 is 0 Å². The van der Waals surface area contributed by atoms with Gasteiger partial charge in [-0.25, -0.2) is 4.98 Å². The molecule has 0 aliphatic carbocycles. The van der Waals surface area contributed by atoms with E-state index in [0.29, 0.717) is 5.92 Å². The first-order valence-corrected chi connectivity index (χ1v) is 7.93. The Hall–Kier alpha value is -0.710. The van der Waals surface area contributed by atoms with Crippen molar-refractivity contribution in [3.05, 3.63) is 39.1 Å². The van der Waals surface area contributed by atoms with Gasteiger partial charge in [0.2, 0.25) is 0 Å². The van der Waals surface area contributed by atoms with Gasteiger partial charge in [0.1, 0.15) is 0 Å². The lowest BCUT2D eigenvalue weighted by Crippen LogP contribution is -2.26. The fraction of sp³-hybridized carbons (Fsp3) is 0.357. The maximum absolute atomic E-state index is 4.83. The van der Waals surface area contributed by atoms with Crippen LogP contribution in [0.5, 0.6) is 0 Å². The zero-order chi connectivity index (χ0) is 12.4. The van der Waals surface area contributed by atoms with Gasteiger partial charge in [0.15, 0.2) is 0 Å². The molecule has 1 fully saturated rings. The number of nitrogens with one attached hydrogen (secondary N) is 1. The summed E-state index contributed by atoms with van der Waals surface area (Å²) in [7, 11) is 0. The lowest BCUT2D eigenvalue weighted by atomic mass is 9.99. The number of nitrogens with zero attached hydrogens (tertiary/aromatic N) is 1. The minimum absolute atomic E-state index is 0.646. The molecule has 0 amide bonds. The average molecular weight is 323 g/mol. The Morgan fingerprint density at radius 2 is 2.00 bits per heavy atom. The third-order valence-electron chi connectivity index (χ3n) is 3.36. The minimum Gasteiger partial charge on any atom is -0.317 e. The highest BCUT2D eigenvalue weighted by atomic mass is 79.9. The van der Waals surface area contributed by atoms with Gasteiger partial charge in [0.05, 0.1) is 10.7 Å². The molecule has 0 atom stereocenters. The fourth-order valence-electron chi connectivity index (χ4n) is 2.34. The van der Waals surface area contributed by atoms with Gasteiger partial charge in [0, 0.05) is 21.3 Å². The van der Waals surface area contributed by atoms with Crippen molar-refractivity contribution in [2.45, 2.75) is 18.8 Å². The second kappa shape index (κ2) is 5.51. The molecule has 2 aromatic rings. The van der Waals surface area contributed by atoms with E-state index in [0.717, 1.165) is 23.3 Å². The lowest BCUT2D eigenvalue weighted by molar-refractivity contribution is 0.459. The van der Waals surface area contributed by atoms with Crippen molar-refractivity contribution in [2.24, 2.45) is 0 Å². The van der Waals surface area contributed by atoms with Gasteiger partial charge in [-0.05, 0) is 32.0 Å². The third-order valence-corrected chi connectivity index (χ3v) is 5.06. The number of piperidine rings is 1. The second-order valence-electron chi connectivity index (χ2n) is 4.58. The van der Waals surface area contributed by atoms with Crippen LogP contribution < -0.4 is 5.32 Å². The van der Waals surface area contributed by atoms with Gasteiger partial charge in [0.25, 0.3) is 0 Å². The molecule has 1 saturated heterocycles. The van der Waals surface area contributed by atoms with Crippen LogP contribution in [0.2, 0.25) is 0 Å². The molecule has 0 bridgehead atoms. The van der Waals surface area contributed by atoms with Crippen molar-refractivity contribution in [3.63, 3.8) is 0 Å². The summed E-state index contributed by atoms with van der Waals surface area (Å²) in [5, 5.41) is 6.87. The first-order valence-electron chi connectivity index (χ1n) is 6.25. The van der Waals surface area contributed by atoms with Gasteiger partial charge in [-0.15, -0.1) is 11.3 Å². The van der Waals surface area contributed by atoms with Crippen LogP contribution in [0, 0.1) is 0 Å². The Balaban J connectivity index is 1.87. The minimum atomic E-state index is 0.646. The van der Waals surface area contributed by atoms with Gasteiger partial charge < -0.3 is 5.32 Å². The van der Waals surface area contributed by atoms with Crippen molar-refractivity contribution in [1.82, 2.24) is 10.3 Å². The molecule has 4 heteroatoms. The van der Waals surface area contributed by atoms with E-state index in [1.807, 2.05) is 6.07 Å². The monoisotopic (exact) mass is 322 g/mol. The molecule has 2 heterocycles. The van der Waals surface area contributed by atoms with E-state index in [1.54, 1.807) is 11.3 Å². The molecule has 0 spiro atoms. The highest BCUT2D eigenvalue weighted by molar-refractivity contribution is 9.10. The lowest BCUT2D eigenvalue weighted by Gasteiger charge is -2.20. The highest BCUT2D eigenvalue weighted by Gasteiger charge is 2.19. The van der Waals surface area contributed by atoms with Crippen LogP contribution in [0.3, 0.4) is 0 Å².